The van der Waals surface area contributed by atoms with Crippen LogP contribution in [0, 0.1) is 0 Å². The molecule has 1 aliphatic rings. The summed E-state index contributed by atoms with van der Waals surface area (Å²) in [4.78, 5) is 25.1. The van der Waals surface area contributed by atoms with Gasteiger partial charge in [0, 0.05) is 19.2 Å². The first kappa shape index (κ1) is 13.1. The average molecular weight is 260 g/mol. The van der Waals surface area contributed by atoms with Gasteiger partial charge in [0.15, 0.2) is 6.10 Å². The van der Waals surface area contributed by atoms with Crippen molar-refractivity contribution in [3.63, 3.8) is 0 Å². The maximum Gasteiger partial charge on any atom is 0.267 e. The highest BCUT2D eigenvalue weighted by Gasteiger charge is 2.29. The lowest BCUT2D eigenvalue weighted by atomic mass is 10.1. The van der Waals surface area contributed by atoms with Crippen molar-refractivity contribution < 1.29 is 14.3 Å². The van der Waals surface area contributed by atoms with E-state index in [4.69, 9.17) is 4.74 Å². The van der Waals surface area contributed by atoms with E-state index in [0.717, 1.165) is 0 Å². The summed E-state index contributed by atoms with van der Waals surface area (Å²) in [5.41, 5.74) is 1.17. The smallest absolute Gasteiger partial charge is 0.267 e. The molecule has 1 unspecified atom stereocenters. The summed E-state index contributed by atoms with van der Waals surface area (Å²) in [7, 11) is 1.69. The van der Waals surface area contributed by atoms with Crippen LogP contribution in [0.2, 0.25) is 0 Å². The first-order valence-corrected chi connectivity index (χ1v) is 6.02. The van der Waals surface area contributed by atoms with Crippen LogP contribution >= 0.6 is 0 Å². The summed E-state index contributed by atoms with van der Waals surface area (Å²) in [5.74, 6) is 0.246. The van der Waals surface area contributed by atoms with E-state index in [2.05, 4.69) is 11.9 Å². The van der Waals surface area contributed by atoms with Gasteiger partial charge in [0.2, 0.25) is 0 Å². The first-order chi connectivity index (χ1) is 9.04. The molecule has 5 nitrogen and oxygen atoms in total. The summed E-state index contributed by atoms with van der Waals surface area (Å²) < 4.78 is 5.52. The second-order valence-electron chi connectivity index (χ2n) is 4.34. The zero-order valence-corrected chi connectivity index (χ0v) is 11.0. The molecule has 1 aromatic carbocycles. The highest BCUT2D eigenvalue weighted by molar-refractivity contribution is 6.01. The van der Waals surface area contributed by atoms with E-state index in [9.17, 15) is 9.59 Å². The molecular weight excluding hydrogens is 244 g/mol. The van der Waals surface area contributed by atoms with Crippen LogP contribution in [-0.2, 0) is 4.79 Å². The van der Waals surface area contributed by atoms with Crippen LogP contribution in [-0.4, -0.2) is 31.5 Å². The monoisotopic (exact) mass is 260 g/mol. The van der Waals surface area contributed by atoms with Crippen molar-refractivity contribution in [1.82, 2.24) is 5.32 Å². The Balaban J connectivity index is 2.29. The van der Waals surface area contributed by atoms with E-state index >= 15 is 0 Å². The van der Waals surface area contributed by atoms with Crippen molar-refractivity contribution in [2.75, 3.05) is 18.5 Å². The number of fused-ring (bicyclic) bond motifs is 1. The van der Waals surface area contributed by atoms with Gasteiger partial charge in [-0.1, -0.05) is 6.08 Å². The zero-order valence-electron chi connectivity index (χ0n) is 11.0. The normalized spacial score (nSPS) is 17.5. The summed E-state index contributed by atoms with van der Waals surface area (Å²) in [5, 5.41) is 2.69. The van der Waals surface area contributed by atoms with Gasteiger partial charge in [0.25, 0.3) is 11.8 Å². The number of nitrogens with zero attached hydrogens (tertiary/aromatic N) is 1. The lowest BCUT2D eigenvalue weighted by Gasteiger charge is -2.30. The zero-order chi connectivity index (χ0) is 14.0. The van der Waals surface area contributed by atoms with E-state index in [0.29, 0.717) is 23.5 Å². The van der Waals surface area contributed by atoms with Gasteiger partial charge in [-0.05, 0) is 25.1 Å². The number of likely N-dealkylation sites (N-methyl/N-ethyl adjacent to an activating group) is 1. The summed E-state index contributed by atoms with van der Waals surface area (Å²) in [6, 6.07) is 5.02. The van der Waals surface area contributed by atoms with Crippen LogP contribution in [0.3, 0.4) is 0 Å². The molecule has 19 heavy (non-hydrogen) atoms. The number of hydrogen-bond donors (Lipinski definition) is 1. The van der Waals surface area contributed by atoms with Gasteiger partial charge in [0.1, 0.15) is 5.75 Å². The fraction of sp³-hybridized carbons (Fsp3) is 0.286. The van der Waals surface area contributed by atoms with E-state index < -0.39 is 6.10 Å². The molecule has 0 saturated carbocycles. The minimum atomic E-state index is -0.538. The summed E-state index contributed by atoms with van der Waals surface area (Å²) >= 11 is 0. The largest absolute Gasteiger partial charge is 0.479 e. The van der Waals surface area contributed by atoms with Gasteiger partial charge >= 0.3 is 0 Å². The lowest BCUT2D eigenvalue weighted by molar-refractivity contribution is -0.125. The number of carbonyl (C=O) groups is 2. The predicted molar refractivity (Wildman–Crippen MR) is 72.5 cm³/mol. The Morgan fingerprint density at radius 2 is 2.32 bits per heavy atom. The highest BCUT2D eigenvalue weighted by Crippen LogP contribution is 2.33. The minimum Gasteiger partial charge on any atom is -0.479 e. The molecule has 0 saturated heterocycles. The summed E-state index contributed by atoms with van der Waals surface area (Å²) in [6.07, 6.45) is 1.07. The van der Waals surface area contributed by atoms with Crippen LogP contribution < -0.4 is 15.0 Å². The van der Waals surface area contributed by atoms with Gasteiger partial charge in [-0.2, -0.15) is 0 Å². The Morgan fingerprint density at radius 1 is 1.58 bits per heavy atom. The highest BCUT2D eigenvalue weighted by atomic mass is 16.5. The van der Waals surface area contributed by atoms with Gasteiger partial charge in [0.05, 0.1) is 5.69 Å². The van der Waals surface area contributed by atoms with E-state index in [-0.39, 0.29) is 11.8 Å². The maximum atomic E-state index is 11.8. The SMILES string of the molecule is C=CCNC(=O)c1ccc2c(c1)OC(C)C(=O)N2C. The van der Waals surface area contributed by atoms with Gasteiger partial charge in [-0.25, -0.2) is 0 Å². The fourth-order valence-corrected chi connectivity index (χ4v) is 1.93. The molecule has 0 fully saturated rings. The van der Waals surface area contributed by atoms with Gasteiger partial charge in [-0.15, -0.1) is 6.58 Å². The molecule has 1 aromatic rings. The topological polar surface area (TPSA) is 58.6 Å². The fourth-order valence-electron chi connectivity index (χ4n) is 1.93. The molecule has 0 aliphatic carbocycles. The third-order valence-corrected chi connectivity index (χ3v) is 2.97. The van der Waals surface area contributed by atoms with Gasteiger partial charge < -0.3 is 15.0 Å². The second-order valence-corrected chi connectivity index (χ2v) is 4.34. The third-order valence-electron chi connectivity index (χ3n) is 2.97. The Bertz CT molecular complexity index is 539. The first-order valence-electron chi connectivity index (χ1n) is 6.02. The molecule has 1 atom stereocenters. The predicted octanol–water partition coefficient (Wildman–Crippen LogP) is 1.35. The molecule has 0 aromatic heterocycles. The maximum absolute atomic E-state index is 11.8. The van der Waals surface area contributed by atoms with Crippen molar-refractivity contribution in [1.29, 1.82) is 0 Å². The minimum absolute atomic E-state index is 0.101. The number of nitrogens with one attached hydrogen (secondary N) is 1. The van der Waals surface area contributed by atoms with Crippen molar-refractivity contribution >= 4 is 17.5 Å². The van der Waals surface area contributed by atoms with Crippen LogP contribution in [0.15, 0.2) is 30.9 Å². The molecule has 0 radical (unpaired) electrons. The lowest BCUT2D eigenvalue weighted by Crippen LogP contribution is -2.42. The van der Waals surface area contributed by atoms with E-state index in [1.165, 1.54) is 4.90 Å². The summed E-state index contributed by atoms with van der Waals surface area (Å²) in [6.45, 7) is 5.64. The Morgan fingerprint density at radius 3 is 3.00 bits per heavy atom. The molecular formula is C14H16N2O3. The average Bonchev–Trinajstić information content (AvgIpc) is 2.41. The van der Waals surface area contributed by atoms with Crippen molar-refractivity contribution in [2.45, 2.75) is 13.0 Å². The molecule has 2 amide bonds. The Hall–Kier alpha value is -2.30. The number of ether oxygens (including phenoxy) is 1. The van der Waals surface area contributed by atoms with Crippen molar-refractivity contribution in [3.8, 4) is 5.75 Å². The number of rotatable bonds is 3. The standard InChI is InChI=1S/C14H16N2O3/c1-4-7-15-13(17)10-5-6-11-12(8-10)19-9(2)14(18)16(11)3/h4-6,8-9H,1,7H2,2-3H3,(H,15,17). The van der Waals surface area contributed by atoms with E-state index in [1.54, 1.807) is 38.2 Å². The second kappa shape index (κ2) is 5.14. The van der Waals surface area contributed by atoms with E-state index in [1.807, 2.05) is 0 Å². The number of anilines is 1. The molecule has 2 rings (SSSR count). The van der Waals surface area contributed by atoms with Crippen LogP contribution in [0.5, 0.6) is 5.75 Å². The molecule has 0 spiro atoms. The number of carbonyl (C=O) groups excluding carboxylic acids is 2. The molecule has 0 bridgehead atoms. The van der Waals surface area contributed by atoms with Crippen molar-refractivity contribution in [2.24, 2.45) is 0 Å². The quantitative estimate of drug-likeness (QED) is 0.834. The number of hydrogen-bond acceptors (Lipinski definition) is 3. The molecule has 100 valence electrons. The number of amides is 2. The molecule has 1 N–H and O–H groups in total. The van der Waals surface area contributed by atoms with Crippen LogP contribution in [0.25, 0.3) is 0 Å². The molecule has 1 heterocycles. The van der Waals surface area contributed by atoms with Crippen molar-refractivity contribution in [3.05, 3.63) is 36.4 Å². The van der Waals surface area contributed by atoms with Gasteiger partial charge in [-0.3, -0.25) is 9.59 Å². The van der Waals surface area contributed by atoms with Crippen LogP contribution in [0.4, 0.5) is 5.69 Å². The number of benzene rings is 1. The Kier molecular flexibility index (Phi) is 3.55. The third kappa shape index (κ3) is 2.45. The molecule has 5 heteroatoms. The van der Waals surface area contributed by atoms with Crippen LogP contribution in [0.1, 0.15) is 17.3 Å². The Labute approximate surface area is 111 Å². The molecule has 1 aliphatic heterocycles.